The van der Waals surface area contributed by atoms with Gasteiger partial charge >= 0.3 is 0 Å². The second-order valence-electron chi connectivity index (χ2n) is 5.69. The standard InChI is InChI=1S/C16H17ClN2O2/c1-19(9-10-6-11(20)7-10)16(21)14-8-18-15(17)13-5-3-2-4-12(13)14/h2-5,8,10-11,20H,6-7,9H2,1H3. The average molecular weight is 305 g/mol. The molecule has 3 rings (SSSR count). The average Bonchev–Trinajstić information content (AvgIpc) is 2.45. The quantitative estimate of drug-likeness (QED) is 0.887. The summed E-state index contributed by atoms with van der Waals surface area (Å²) in [6, 6.07) is 7.52. The van der Waals surface area contributed by atoms with Crippen molar-refractivity contribution in [3.05, 3.63) is 41.2 Å². The van der Waals surface area contributed by atoms with Crippen LogP contribution in [0.25, 0.3) is 10.8 Å². The Balaban J connectivity index is 1.86. The van der Waals surface area contributed by atoms with E-state index in [0.29, 0.717) is 23.2 Å². The van der Waals surface area contributed by atoms with Gasteiger partial charge in [-0.25, -0.2) is 4.98 Å². The maximum atomic E-state index is 12.6. The summed E-state index contributed by atoms with van der Waals surface area (Å²) in [7, 11) is 1.79. The van der Waals surface area contributed by atoms with Crippen molar-refractivity contribution in [3.63, 3.8) is 0 Å². The zero-order chi connectivity index (χ0) is 15.0. The van der Waals surface area contributed by atoms with Crippen molar-refractivity contribution in [1.82, 2.24) is 9.88 Å². The van der Waals surface area contributed by atoms with E-state index in [0.717, 1.165) is 23.6 Å². The Morgan fingerprint density at radius 2 is 2.05 bits per heavy atom. The fraction of sp³-hybridized carbons (Fsp3) is 0.375. The van der Waals surface area contributed by atoms with Crippen LogP contribution in [0.5, 0.6) is 0 Å². The molecule has 0 saturated heterocycles. The molecule has 1 aromatic carbocycles. The lowest BCUT2D eigenvalue weighted by atomic mass is 9.82. The fourth-order valence-corrected chi connectivity index (χ4v) is 3.07. The lowest BCUT2D eigenvalue weighted by Gasteiger charge is -2.34. The Hall–Kier alpha value is -1.65. The number of amides is 1. The van der Waals surface area contributed by atoms with Gasteiger partial charge in [0.2, 0.25) is 0 Å². The van der Waals surface area contributed by atoms with Gasteiger partial charge in [-0.05, 0) is 24.1 Å². The number of aliphatic hydroxyl groups excluding tert-OH is 1. The second-order valence-corrected chi connectivity index (χ2v) is 6.04. The maximum Gasteiger partial charge on any atom is 0.255 e. The van der Waals surface area contributed by atoms with Gasteiger partial charge in [-0.1, -0.05) is 35.9 Å². The third kappa shape index (κ3) is 2.74. The summed E-state index contributed by atoms with van der Waals surface area (Å²) in [5.41, 5.74) is 0.567. The molecular weight excluding hydrogens is 288 g/mol. The van der Waals surface area contributed by atoms with Crippen LogP contribution in [-0.4, -0.2) is 40.6 Å². The number of aromatic nitrogens is 1. The van der Waals surface area contributed by atoms with Crippen molar-refractivity contribution in [2.75, 3.05) is 13.6 Å². The summed E-state index contributed by atoms with van der Waals surface area (Å²) < 4.78 is 0. The van der Waals surface area contributed by atoms with Crippen molar-refractivity contribution >= 4 is 28.3 Å². The first-order valence-electron chi connectivity index (χ1n) is 7.03. The van der Waals surface area contributed by atoms with Crippen molar-refractivity contribution in [1.29, 1.82) is 0 Å². The van der Waals surface area contributed by atoms with E-state index in [9.17, 15) is 9.90 Å². The molecule has 1 saturated carbocycles. The molecule has 1 fully saturated rings. The minimum absolute atomic E-state index is 0.0586. The van der Waals surface area contributed by atoms with Crippen molar-refractivity contribution in [3.8, 4) is 0 Å². The highest BCUT2D eigenvalue weighted by Crippen LogP contribution is 2.29. The summed E-state index contributed by atoms with van der Waals surface area (Å²) in [5.74, 6) is 0.331. The van der Waals surface area contributed by atoms with Crippen LogP contribution in [0.3, 0.4) is 0 Å². The fourth-order valence-electron chi connectivity index (χ4n) is 2.85. The lowest BCUT2D eigenvalue weighted by Crippen LogP contribution is -2.39. The molecule has 0 bridgehead atoms. The first-order chi connectivity index (χ1) is 10.1. The molecule has 110 valence electrons. The minimum Gasteiger partial charge on any atom is -0.393 e. The summed E-state index contributed by atoms with van der Waals surface area (Å²) in [6.07, 6.45) is 2.89. The molecule has 0 aliphatic heterocycles. The first-order valence-corrected chi connectivity index (χ1v) is 7.41. The molecule has 4 nitrogen and oxygen atoms in total. The molecule has 1 amide bonds. The van der Waals surface area contributed by atoms with E-state index in [1.165, 1.54) is 0 Å². The van der Waals surface area contributed by atoms with Crippen LogP contribution < -0.4 is 0 Å². The first kappa shape index (κ1) is 14.3. The molecule has 1 aromatic heterocycles. The Morgan fingerprint density at radius 1 is 1.38 bits per heavy atom. The molecule has 1 aliphatic carbocycles. The van der Waals surface area contributed by atoms with E-state index in [1.54, 1.807) is 18.1 Å². The Morgan fingerprint density at radius 3 is 2.71 bits per heavy atom. The lowest BCUT2D eigenvalue weighted by molar-refractivity contribution is 0.0265. The van der Waals surface area contributed by atoms with Gasteiger partial charge in [0.15, 0.2) is 0 Å². The minimum atomic E-state index is -0.198. The molecule has 0 unspecified atom stereocenters. The number of benzene rings is 1. The summed E-state index contributed by atoms with van der Waals surface area (Å²) in [6.45, 7) is 0.660. The molecule has 1 heterocycles. The molecule has 1 N–H and O–H groups in total. The smallest absolute Gasteiger partial charge is 0.255 e. The highest BCUT2D eigenvalue weighted by atomic mass is 35.5. The second kappa shape index (κ2) is 5.62. The van der Waals surface area contributed by atoms with E-state index in [2.05, 4.69) is 4.98 Å². The number of rotatable bonds is 3. The van der Waals surface area contributed by atoms with Crippen LogP contribution in [-0.2, 0) is 0 Å². The van der Waals surface area contributed by atoms with E-state index >= 15 is 0 Å². The summed E-state index contributed by atoms with van der Waals surface area (Å²) >= 11 is 6.08. The number of halogens is 1. The number of hydrogen-bond donors (Lipinski definition) is 1. The third-order valence-corrected chi connectivity index (χ3v) is 4.37. The molecule has 1 aliphatic rings. The Kier molecular flexibility index (Phi) is 3.83. The number of carbonyl (C=O) groups excluding carboxylic acids is 1. The van der Waals surface area contributed by atoms with Crippen LogP contribution >= 0.6 is 11.6 Å². The Labute approximate surface area is 128 Å². The van der Waals surface area contributed by atoms with Gasteiger partial charge in [0.05, 0.1) is 11.7 Å². The van der Waals surface area contributed by atoms with Crippen LogP contribution in [0.15, 0.2) is 30.5 Å². The molecule has 0 spiro atoms. The van der Waals surface area contributed by atoms with Gasteiger partial charge < -0.3 is 10.0 Å². The SMILES string of the molecule is CN(CC1CC(O)C1)C(=O)c1cnc(Cl)c2ccccc12. The number of carbonyl (C=O) groups is 1. The van der Waals surface area contributed by atoms with Crippen LogP contribution in [0.2, 0.25) is 5.15 Å². The van der Waals surface area contributed by atoms with Gasteiger partial charge in [-0.3, -0.25) is 4.79 Å². The number of pyridine rings is 1. The van der Waals surface area contributed by atoms with Crippen molar-refractivity contribution in [2.24, 2.45) is 5.92 Å². The van der Waals surface area contributed by atoms with Gasteiger partial charge in [0.25, 0.3) is 5.91 Å². The molecule has 2 aromatic rings. The highest BCUT2D eigenvalue weighted by Gasteiger charge is 2.29. The third-order valence-electron chi connectivity index (χ3n) is 4.07. The van der Waals surface area contributed by atoms with E-state index in [4.69, 9.17) is 11.6 Å². The highest BCUT2D eigenvalue weighted by molar-refractivity contribution is 6.34. The van der Waals surface area contributed by atoms with E-state index in [-0.39, 0.29) is 12.0 Å². The number of nitrogens with zero attached hydrogens (tertiary/aromatic N) is 2. The maximum absolute atomic E-state index is 12.6. The Bertz CT molecular complexity index is 683. The zero-order valence-corrected chi connectivity index (χ0v) is 12.5. The van der Waals surface area contributed by atoms with E-state index < -0.39 is 0 Å². The summed E-state index contributed by atoms with van der Waals surface area (Å²) in [5, 5.41) is 11.4. The monoisotopic (exact) mass is 304 g/mol. The normalized spacial score (nSPS) is 21.1. The molecule has 0 atom stereocenters. The van der Waals surface area contributed by atoms with E-state index in [1.807, 2.05) is 24.3 Å². The number of hydrogen-bond acceptors (Lipinski definition) is 3. The van der Waals surface area contributed by atoms with Gasteiger partial charge in [-0.2, -0.15) is 0 Å². The predicted octanol–water partition coefficient (Wildman–Crippen LogP) is 2.73. The van der Waals surface area contributed by atoms with Crippen LogP contribution in [0, 0.1) is 5.92 Å². The molecular formula is C16H17ClN2O2. The number of fused-ring (bicyclic) bond motifs is 1. The van der Waals surface area contributed by atoms with Crippen LogP contribution in [0.1, 0.15) is 23.2 Å². The molecule has 5 heteroatoms. The van der Waals surface area contributed by atoms with Gasteiger partial charge in [-0.15, -0.1) is 0 Å². The zero-order valence-electron chi connectivity index (χ0n) is 11.8. The summed E-state index contributed by atoms with van der Waals surface area (Å²) in [4.78, 5) is 18.4. The van der Waals surface area contributed by atoms with Crippen molar-refractivity contribution < 1.29 is 9.90 Å². The molecule has 21 heavy (non-hydrogen) atoms. The van der Waals surface area contributed by atoms with Crippen LogP contribution in [0.4, 0.5) is 0 Å². The predicted molar refractivity (Wildman–Crippen MR) is 82.4 cm³/mol. The van der Waals surface area contributed by atoms with Gasteiger partial charge in [0.1, 0.15) is 5.15 Å². The number of aliphatic hydroxyl groups is 1. The topological polar surface area (TPSA) is 53.4 Å². The largest absolute Gasteiger partial charge is 0.393 e. The molecule has 0 radical (unpaired) electrons. The van der Waals surface area contributed by atoms with Gasteiger partial charge in [0, 0.05) is 25.2 Å². The van der Waals surface area contributed by atoms with Crippen molar-refractivity contribution in [2.45, 2.75) is 18.9 Å².